The summed E-state index contributed by atoms with van der Waals surface area (Å²) >= 11 is 0. The van der Waals surface area contributed by atoms with Crippen molar-refractivity contribution in [3.05, 3.63) is 0 Å². The van der Waals surface area contributed by atoms with E-state index in [-0.39, 0.29) is 17.4 Å². The Kier molecular flexibility index (Phi) is 3.93. The molecule has 1 atom stereocenters. The molecule has 0 aromatic carbocycles. The van der Waals surface area contributed by atoms with Crippen LogP contribution in [0.15, 0.2) is 0 Å². The molecular formula is C11H21NO2. The number of hydrogen-bond acceptors (Lipinski definition) is 2. The van der Waals surface area contributed by atoms with E-state index in [4.69, 9.17) is 4.74 Å². The lowest BCUT2D eigenvalue weighted by Gasteiger charge is -2.40. The van der Waals surface area contributed by atoms with E-state index >= 15 is 0 Å². The number of rotatable bonds is 5. The number of amides is 1. The smallest absolute Gasteiger partial charge is 0.228 e. The summed E-state index contributed by atoms with van der Waals surface area (Å²) in [5.74, 6) is 0.181. The maximum atomic E-state index is 11.9. The number of carbonyl (C=O) groups excluding carboxylic acids is 1. The predicted molar refractivity (Wildman–Crippen MR) is 56.1 cm³/mol. The fourth-order valence-electron chi connectivity index (χ4n) is 1.80. The van der Waals surface area contributed by atoms with Crippen molar-refractivity contribution in [1.82, 2.24) is 5.32 Å². The van der Waals surface area contributed by atoms with Crippen molar-refractivity contribution in [2.75, 3.05) is 13.7 Å². The zero-order chi connectivity index (χ0) is 10.6. The topological polar surface area (TPSA) is 38.3 Å². The first kappa shape index (κ1) is 11.5. The Bertz CT molecular complexity index is 199. The maximum Gasteiger partial charge on any atom is 0.228 e. The molecule has 1 fully saturated rings. The summed E-state index contributed by atoms with van der Waals surface area (Å²) in [4.78, 5) is 11.9. The molecule has 0 spiro atoms. The summed E-state index contributed by atoms with van der Waals surface area (Å²) in [6.07, 6.45) is 4.08. The lowest BCUT2D eigenvalue weighted by molar-refractivity contribution is -0.141. The highest BCUT2D eigenvalue weighted by Crippen LogP contribution is 2.41. The number of ether oxygens (including phenoxy) is 1. The molecule has 0 heterocycles. The van der Waals surface area contributed by atoms with Crippen molar-refractivity contribution in [1.29, 1.82) is 0 Å². The first-order chi connectivity index (χ1) is 6.64. The summed E-state index contributed by atoms with van der Waals surface area (Å²) < 4.78 is 5.12. The Morgan fingerprint density at radius 3 is 2.57 bits per heavy atom. The van der Waals surface area contributed by atoms with Gasteiger partial charge in [0.1, 0.15) is 0 Å². The summed E-state index contributed by atoms with van der Waals surface area (Å²) in [5.41, 5.74) is -0.210. The average Bonchev–Trinajstić information content (AvgIpc) is 2.10. The van der Waals surface area contributed by atoms with E-state index in [0.29, 0.717) is 6.61 Å². The van der Waals surface area contributed by atoms with E-state index in [2.05, 4.69) is 12.2 Å². The molecule has 0 aromatic heterocycles. The Hall–Kier alpha value is -0.570. The summed E-state index contributed by atoms with van der Waals surface area (Å²) in [7, 11) is 1.66. The molecule has 0 unspecified atom stereocenters. The SMILES string of the molecule is CC[C@@H](C)NC(=O)C1(COC)CCC1. The standard InChI is InChI=1S/C11H21NO2/c1-4-9(2)12-10(13)11(8-14-3)6-5-7-11/h9H,4-8H2,1-3H3,(H,12,13)/t9-/m1/s1. The molecule has 0 saturated heterocycles. The van der Waals surface area contributed by atoms with Crippen LogP contribution in [0.2, 0.25) is 0 Å². The van der Waals surface area contributed by atoms with Crippen LogP contribution in [0.25, 0.3) is 0 Å². The minimum atomic E-state index is -0.210. The zero-order valence-electron chi connectivity index (χ0n) is 9.43. The van der Waals surface area contributed by atoms with Gasteiger partial charge in [-0.25, -0.2) is 0 Å². The highest BCUT2D eigenvalue weighted by molar-refractivity contribution is 5.83. The molecule has 0 bridgehead atoms. The fraction of sp³-hybridized carbons (Fsp3) is 0.909. The van der Waals surface area contributed by atoms with Crippen LogP contribution in [0.1, 0.15) is 39.5 Å². The Balaban J connectivity index is 2.48. The highest BCUT2D eigenvalue weighted by Gasteiger charge is 2.44. The van der Waals surface area contributed by atoms with Crippen molar-refractivity contribution in [3.63, 3.8) is 0 Å². The normalized spacial score (nSPS) is 21.1. The second-order valence-electron chi connectivity index (χ2n) is 4.35. The van der Waals surface area contributed by atoms with E-state index < -0.39 is 0 Å². The Labute approximate surface area is 86.2 Å². The van der Waals surface area contributed by atoms with Crippen molar-refractivity contribution in [3.8, 4) is 0 Å². The summed E-state index contributed by atoms with van der Waals surface area (Å²) in [6.45, 7) is 4.68. The third-order valence-electron chi connectivity index (χ3n) is 3.20. The van der Waals surface area contributed by atoms with Crippen LogP contribution < -0.4 is 5.32 Å². The molecule has 1 N–H and O–H groups in total. The van der Waals surface area contributed by atoms with Gasteiger partial charge in [0.05, 0.1) is 12.0 Å². The largest absolute Gasteiger partial charge is 0.384 e. The molecule has 82 valence electrons. The zero-order valence-corrected chi connectivity index (χ0v) is 9.43. The second kappa shape index (κ2) is 4.78. The van der Waals surface area contributed by atoms with Crippen LogP contribution >= 0.6 is 0 Å². The average molecular weight is 199 g/mol. The monoisotopic (exact) mass is 199 g/mol. The molecule has 0 aromatic rings. The number of methoxy groups -OCH3 is 1. The molecule has 1 amide bonds. The predicted octanol–water partition coefficient (Wildman–Crippen LogP) is 1.72. The molecule has 1 aliphatic carbocycles. The lowest BCUT2D eigenvalue weighted by Crippen LogP contribution is -2.50. The minimum absolute atomic E-state index is 0.181. The second-order valence-corrected chi connectivity index (χ2v) is 4.35. The van der Waals surface area contributed by atoms with Crippen LogP contribution in [0, 0.1) is 5.41 Å². The third-order valence-corrected chi connectivity index (χ3v) is 3.20. The van der Waals surface area contributed by atoms with Gasteiger partial charge in [0.15, 0.2) is 0 Å². The van der Waals surface area contributed by atoms with Crippen molar-refractivity contribution < 1.29 is 9.53 Å². The Morgan fingerprint density at radius 2 is 2.21 bits per heavy atom. The van der Waals surface area contributed by atoms with Gasteiger partial charge < -0.3 is 10.1 Å². The van der Waals surface area contributed by atoms with E-state index in [1.165, 1.54) is 0 Å². The first-order valence-corrected chi connectivity index (χ1v) is 5.44. The molecule has 14 heavy (non-hydrogen) atoms. The van der Waals surface area contributed by atoms with Gasteiger partial charge in [0.2, 0.25) is 5.91 Å². The molecule has 3 heteroatoms. The molecule has 1 rings (SSSR count). The van der Waals surface area contributed by atoms with Gasteiger partial charge in [-0.2, -0.15) is 0 Å². The Morgan fingerprint density at radius 1 is 1.57 bits per heavy atom. The van der Waals surface area contributed by atoms with Crippen molar-refractivity contribution in [2.24, 2.45) is 5.41 Å². The quantitative estimate of drug-likeness (QED) is 0.732. The first-order valence-electron chi connectivity index (χ1n) is 5.44. The molecule has 1 aliphatic rings. The van der Waals surface area contributed by atoms with Crippen LogP contribution in [0.4, 0.5) is 0 Å². The van der Waals surface area contributed by atoms with Crippen LogP contribution in [0.3, 0.4) is 0 Å². The van der Waals surface area contributed by atoms with Gasteiger partial charge in [0.25, 0.3) is 0 Å². The van der Waals surface area contributed by atoms with Gasteiger partial charge in [0, 0.05) is 13.2 Å². The van der Waals surface area contributed by atoms with E-state index in [0.717, 1.165) is 25.7 Å². The third kappa shape index (κ3) is 2.27. The fourth-order valence-corrected chi connectivity index (χ4v) is 1.80. The maximum absolute atomic E-state index is 11.9. The number of carbonyl (C=O) groups is 1. The van der Waals surface area contributed by atoms with E-state index in [1.807, 2.05) is 6.92 Å². The van der Waals surface area contributed by atoms with Gasteiger partial charge in [-0.05, 0) is 26.2 Å². The van der Waals surface area contributed by atoms with Crippen molar-refractivity contribution in [2.45, 2.75) is 45.6 Å². The lowest BCUT2D eigenvalue weighted by atomic mass is 9.68. The van der Waals surface area contributed by atoms with Gasteiger partial charge in [-0.1, -0.05) is 13.3 Å². The van der Waals surface area contributed by atoms with Crippen molar-refractivity contribution >= 4 is 5.91 Å². The number of nitrogens with one attached hydrogen (secondary N) is 1. The summed E-state index contributed by atoms with van der Waals surface area (Å²) in [6, 6.07) is 0.275. The minimum Gasteiger partial charge on any atom is -0.384 e. The molecule has 0 aliphatic heterocycles. The number of hydrogen-bond donors (Lipinski definition) is 1. The molecule has 1 saturated carbocycles. The van der Waals surface area contributed by atoms with Crippen LogP contribution in [-0.2, 0) is 9.53 Å². The van der Waals surface area contributed by atoms with Gasteiger partial charge >= 0.3 is 0 Å². The van der Waals surface area contributed by atoms with E-state index in [1.54, 1.807) is 7.11 Å². The van der Waals surface area contributed by atoms with Crippen LogP contribution in [-0.4, -0.2) is 25.7 Å². The van der Waals surface area contributed by atoms with Crippen LogP contribution in [0.5, 0.6) is 0 Å². The molecule has 3 nitrogen and oxygen atoms in total. The van der Waals surface area contributed by atoms with Gasteiger partial charge in [-0.15, -0.1) is 0 Å². The van der Waals surface area contributed by atoms with Gasteiger partial charge in [-0.3, -0.25) is 4.79 Å². The summed E-state index contributed by atoms with van der Waals surface area (Å²) in [5, 5.41) is 3.04. The van der Waals surface area contributed by atoms with E-state index in [9.17, 15) is 4.79 Å². The molecule has 0 radical (unpaired) electrons. The molecular weight excluding hydrogens is 178 g/mol. The highest BCUT2D eigenvalue weighted by atomic mass is 16.5.